The Bertz CT molecular complexity index is 645. The predicted molar refractivity (Wildman–Crippen MR) is 74.8 cm³/mol. The van der Waals surface area contributed by atoms with Crippen molar-refractivity contribution < 1.29 is 13.2 Å². The lowest BCUT2D eigenvalue weighted by Gasteiger charge is -2.29. The van der Waals surface area contributed by atoms with E-state index in [1.54, 1.807) is 6.07 Å². The highest BCUT2D eigenvalue weighted by Gasteiger charge is 2.29. The molecule has 0 saturated carbocycles. The van der Waals surface area contributed by atoms with Crippen molar-refractivity contribution in [3.05, 3.63) is 28.7 Å². The van der Waals surface area contributed by atoms with Gasteiger partial charge in [-0.05, 0) is 25.0 Å². The molecule has 1 amide bonds. The van der Waals surface area contributed by atoms with Crippen LogP contribution in [0.4, 0.5) is 5.69 Å². The van der Waals surface area contributed by atoms with E-state index < -0.39 is 10.0 Å². The lowest BCUT2D eigenvalue weighted by molar-refractivity contribution is -0.120. The Balaban J connectivity index is 1.96. The summed E-state index contributed by atoms with van der Waals surface area (Å²) in [5.74, 6) is -0.512. The standard InChI is InChI=1S/C12H17N3O4S/c1-20(18,19)15-7-4-9(5-8-15)11(16)14-10-3-2-6-13-12(10)17/h2-3,6,9H,4-5,7-8H2,1H3,(H,13,17)(H,14,16). The number of hydrogen-bond acceptors (Lipinski definition) is 4. The molecule has 8 heteroatoms. The highest BCUT2D eigenvalue weighted by atomic mass is 32.2. The number of pyridine rings is 1. The number of hydrogen-bond donors (Lipinski definition) is 2. The molecule has 1 fully saturated rings. The number of piperidine rings is 1. The Morgan fingerprint density at radius 3 is 2.60 bits per heavy atom. The van der Waals surface area contributed by atoms with Crippen LogP contribution < -0.4 is 10.9 Å². The van der Waals surface area contributed by atoms with Gasteiger partial charge in [0.05, 0.1) is 6.26 Å². The average molecular weight is 299 g/mol. The van der Waals surface area contributed by atoms with Crippen molar-refractivity contribution in [2.45, 2.75) is 12.8 Å². The van der Waals surface area contributed by atoms with Crippen molar-refractivity contribution in [3.63, 3.8) is 0 Å². The number of carbonyl (C=O) groups is 1. The van der Waals surface area contributed by atoms with Crippen LogP contribution in [-0.4, -0.2) is 43.0 Å². The molecule has 0 aliphatic carbocycles. The predicted octanol–water partition coefficient (Wildman–Crippen LogP) is -0.0150. The van der Waals surface area contributed by atoms with Crippen molar-refractivity contribution in [1.29, 1.82) is 0 Å². The van der Waals surface area contributed by atoms with Gasteiger partial charge in [-0.3, -0.25) is 9.59 Å². The maximum absolute atomic E-state index is 12.0. The highest BCUT2D eigenvalue weighted by Crippen LogP contribution is 2.20. The second kappa shape index (κ2) is 5.76. The molecule has 1 aromatic heterocycles. The van der Waals surface area contributed by atoms with E-state index in [4.69, 9.17) is 0 Å². The SMILES string of the molecule is CS(=O)(=O)N1CCC(C(=O)Nc2ccc[nH]c2=O)CC1. The first-order valence-electron chi connectivity index (χ1n) is 6.31. The van der Waals surface area contributed by atoms with Gasteiger partial charge in [-0.1, -0.05) is 0 Å². The second-order valence-corrected chi connectivity index (χ2v) is 6.82. The summed E-state index contributed by atoms with van der Waals surface area (Å²) in [7, 11) is -3.19. The first-order valence-corrected chi connectivity index (χ1v) is 8.16. The van der Waals surface area contributed by atoms with Gasteiger partial charge in [-0.2, -0.15) is 0 Å². The van der Waals surface area contributed by atoms with E-state index in [-0.39, 0.29) is 23.1 Å². The summed E-state index contributed by atoms with van der Waals surface area (Å²) in [6.45, 7) is 0.671. The summed E-state index contributed by atoms with van der Waals surface area (Å²) in [5.41, 5.74) is -0.141. The first-order chi connectivity index (χ1) is 9.38. The molecule has 7 nitrogen and oxygen atoms in total. The van der Waals surface area contributed by atoms with Crippen LogP contribution in [0.3, 0.4) is 0 Å². The summed E-state index contributed by atoms with van der Waals surface area (Å²) < 4.78 is 24.1. The lowest BCUT2D eigenvalue weighted by atomic mass is 9.97. The molecule has 20 heavy (non-hydrogen) atoms. The van der Waals surface area contributed by atoms with Crippen LogP contribution in [0.15, 0.2) is 23.1 Å². The molecule has 0 radical (unpaired) electrons. The lowest BCUT2D eigenvalue weighted by Crippen LogP contribution is -2.41. The van der Waals surface area contributed by atoms with E-state index in [1.165, 1.54) is 16.6 Å². The van der Waals surface area contributed by atoms with Gasteiger partial charge in [0, 0.05) is 25.2 Å². The van der Waals surface area contributed by atoms with Crippen molar-refractivity contribution in [3.8, 4) is 0 Å². The van der Waals surface area contributed by atoms with Gasteiger partial charge in [0.1, 0.15) is 5.69 Å². The number of nitrogens with one attached hydrogen (secondary N) is 2. The maximum atomic E-state index is 12.0. The van der Waals surface area contributed by atoms with Gasteiger partial charge in [0.15, 0.2) is 0 Å². The van der Waals surface area contributed by atoms with E-state index >= 15 is 0 Å². The van der Waals surface area contributed by atoms with E-state index in [0.29, 0.717) is 25.9 Å². The number of amides is 1. The van der Waals surface area contributed by atoms with Crippen molar-refractivity contribution in [2.24, 2.45) is 5.92 Å². The molecule has 0 bridgehead atoms. The fourth-order valence-electron chi connectivity index (χ4n) is 2.20. The number of rotatable bonds is 3. The van der Waals surface area contributed by atoms with Crippen LogP contribution in [-0.2, 0) is 14.8 Å². The van der Waals surface area contributed by atoms with Crippen LogP contribution in [0.1, 0.15) is 12.8 Å². The van der Waals surface area contributed by atoms with Crippen LogP contribution in [0.25, 0.3) is 0 Å². The zero-order valence-electron chi connectivity index (χ0n) is 11.1. The van der Waals surface area contributed by atoms with E-state index in [9.17, 15) is 18.0 Å². The number of nitrogens with zero attached hydrogens (tertiary/aromatic N) is 1. The summed E-state index contributed by atoms with van der Waals surface area (Å²) in [6.07, 6.45) is 3.58. The molecule has 2 heterocycles. The normalized spacial score (nSPS) is 17.9. The van der Waals surface area contributed by atoms with Gasteiger partial charge in [-0.25, -0.2) is 12.7 Å². The van der Waals surface area contributed by atoms with Crippen molar-refractivity contribution in [1.82, 2.24) is 9.29 Å². The third kappa shape index (κ3) is 3.45. The second-order valence-electron chi connectivity index (χ2n) is 4.84. The Kier molecular flexibility index (Phi) is 4.24. The number of carbonyl (C=O) groups excluding carboxylic acids is 1. The molecule has 1 saturated heterocycles. The van der Waals surface area contributed by atoms with Crippen molar-refractivity contribution >= 4 is 21.6 Å². The van der Waals surface area contributed by atoms with Gasteiger partial charge in [0.2, 0.25) is 15.9 Å². The van der Waals surface area contributed by atoms with E-state index in [0.717, 1.165) is 6.26 Å². The topological polar surface area (TPSA) is 99.3 Å². The number of aromatic nitrogens is 1. The van der Waals surface area contributed by atoms with E-state index in [1.807, 2.05) is 0 Å². The first kappa shape index (κ1) is 14.7. The summed E-state index contributed by atoms with van der Waals surface area (Å²) in [6, 6.07) is 3.16. The Hall–Kier alpha value is -1.67. The molecule has 0 aromatic carbocycles. The minimum Gasteiger partial charge on any atom is -0.327 e. The van der Waals surface area contributed by atoms with Gasteiger partial charge < -0.3 is 10.3 Å². The number of aromatic amines is 1. The quantitative estimate of drug-likeness (QED) is 0.819. The van der Waals surface area contributed by atoms with E-state index in [2.05, 4.69) is 10.3 Å². The van der Waals surface area contributed by atoms with Crippen molar-refractivity contribution in [2.75, 3.05) is 24.7 Å². The third-order valence-corrected chi connectivity index (χ3v) is 4.67. The molecule has 0 atom stereocenters. The molecule has 2 N–H and O–H groups in total. The number of sulfonamides is 1. The number of H-pyrrole nitrogens is 1. The average Bonchev–Trinajstić information content (AvgIpc) is 2.40. The molecule has 1 aliphatic rings. The summed E-state index contributed by atoms with van der Waals surface area (Å²) >= 11 is 0. The van der Waals surface area contributed by atoms with Gasteiger partial charge in [-0.15, -0.1) is 0 Å². The minimum absolute atomic E-state index is 0.211. The molecule has 0 unspecified atom stereocenters. The highest BCUT2D eigenvalue weighted by molar-refractivity contribution is 7.88. The maximum Gasteiger partial charge on any atom is 0.271 e. The molecule has 2 rings (SSSR count). The Labute approximate surface area is 117 Å². The summed E-state index contributed by atoms with van der Waals surface area (Å²) in [5, 5.41) is 2.58. The largest absolute Gasteiger partial charge is 0.327 e. The monoisotopic (exact) mass is 299 g/mol. The zero-order chi connectivity index (χ0) is 14.8. The fourth-order valence-corrected chi connectivity index (χ4v) is 3.08. The molecule has 1 aliphatic heterocycles. The van der Waals surface area contributed by atoms with Crippen LogP contribution in [0, 0.1) is 5.92 Å². The van der Waals surface area contributed by atoms with Gasteiger partial charge in [0.25, 0.3) is 5.56 Å². The molecule has 1 aromatic rings. The molecular formula is C12H17N3O4S. The van der Waals surface area contributed by atoms with Crippen LogP contribution >= 0.6 is 0 Å². The molecule has 110 valence electrons. The Morgan fingerprint density at radius 2 is 2.05 bits per heavy atom. The van der Waals surface area contributed by atoms with Gasteiger partial charge >= 0.3 is 0 Å². The Morgan fingerprint density at radius 1 is 1.40 bits per heavy atom. The number of anilines is 1. The van der Waals surface area contributed by atoms with Crippen LogP contribution in [0.2, 0.25) is 0 Å². The third-order valence-electron chi connectivity index (χ3n) is 3.37. The summed E-state index contributed by atoms with van der Waals surface area (Å²) in [4.78, 5) is 26.0. The smallest absolute Gasteiger partial charge is 0.271 e. The molecular weight excluding hydrogens is 282 g/mol. The molecule has 0 spiro atoms. The van der Waals surface area contributed by atoms with Crippen LogP contribution in [0.5, 0.6) is 0 Å². The zero-order valence-corrected chi connectivity index (χ0v) is 11.9. The fraction of sp³-hybridized carbons (Fsp3) is 0.500. The minimum atomic E-state index is -3.19.